The van der Waals surface area contributed by atoms with Crippen LogP contribution in [0.5, 0.6) is 0 Å². The van der Waals surface area contributed by atoms with Gasteiger partial charge in [0.25, 0.3) is 0 Å². The number of esters is 1. The average molecular weight is 263 g/mol. The minimum absolute atomic E-state index is 0.128. The van der Waals surface area contributed by atoms with E-state index in [9.17, 15) is 13.2 Å². The maximum Gasteiger partial charge on any atom is 0.310 e. The molecule has 0 saturated carbocycles. The van der Waals surface area contributed by atoms with Crippen LogP contribution in [0, 0.1) is 0 Å². The summed E-state index contributed by atoms with van der Waals surface area (Å²) in [6.45, 7) is -0.211. The summed E-state index contributed by atoms with van der Waals surface area (Å²) in [7, 11) is 1.36. The van der Waals surface area contributed by atoms with E-state index in [1.165, 1.54) is 0 Å². The van der Waals surface area contributed by atoms with Crippen LogP contribution in [0.4, 0.5) is 0 Å². The van der Waals surface area contributed by atoms with E-state index in [-0.39, 0.29) is 18.8 Å². The molecule has 0 N–H and O–H groups in total. The predicted octanol–water partition coefficient (Wildman–Crippen LogP) is 1.34. The second-order valence-electron chi connectivity index (χ2n) is 3.13. The van der Waals surface area contributed by atoms with Gasteiger partial charge >= 0.3 is 5.97 Å². The monoisotopic (exact) mass is 262 g/mol. The molecule has 0 aromatic heterocycles. The molecular weight excluding hydrogens is 252 g/mol. The second-order valence-corrected chi connectivity index (χ2v) is 6.02. The lowest BCUT2D eigenvalue weighted by Crippen LogP contribution is -2.13. The average Bonchev–Trinajstić information content (AvgIpc) is 2.17. The fourth-order valence-corrected chi connectivity index (χ4v) is 1.54. The van der Waals surface area contributed by atoms with Crippen molar-refractivity contribution in [3.05, 3.63) is 35.9 Å². The van der Waals surface area contributed by atoms with Gasteiger partial charge in [0.2, 0.25) is 9.05 Å². The Labute approximate surface area is 98.6 Å². The molecule has 1 aromatic rings. The molecule has 0 radical (unpaired) electrons. The first-order chi connectivity index (χ1) is 7.47. The van der Waals surface area contributed by atoms with Gasteiger partial charge in [-0.1, -0.05) is 30.3 Å². The molecule has 1 rings (SSSR count). The number of carbonyl (C=O) groups excluding carboxylic acids is 1. The summed E-state index contributed by atoms with van der Waals surface area (Å²) in [6.07, 6.45) is 0.128. The lowest BCUT2D eigenvalue weighted by atomic mass is 10.2. The van der Waals surface area contributed by atoms with Crippen molar-refractivity contribution in [2.45, 2.75) is 6.42 Å². The Balaban J connectivity index is 2.32. The van der Waals surface area contributed by atoms with E-state index >= 15 is 0 Å². The number of ether oxygens (including phenoxy) is 1. The van der Waals surface area contributed by atoms with Crippen LogP contribution < -0.4 is 0 Å². The van der Waals surface area contributed by atoms with E-state index in [0.29, 0.717) is 0 Å². The van der Waals surface area contributed by atoms with Crippen LogP contribution in [0.1, 0.15) is 5.56 Å². The van der Waals surface area contributed by atoms with Gasteiger partial charge in [0.15, 0.2) is 0 Å². The first-order valence-corrected chi connectivity index (χ1v) is 7.07. The van der Waals surface area contributed by atoms with Crippen molar-refractivity contribution in [1.29, 1.82) is 0 Å². The molecule has 0 heterocycles. The molecule has 88 valence electrons. The van der Waals surface area contributed by atoms with Gasteiger partial charge in [-0.15, -0.1) is 0 Å². The van der Waals surface area contributed by atoms with Gasteiger partial charge in [-0.25, -0.2) is 8.42 Å². The zero-order valence-corrected chi connectivity index (χ0v) is 10.00. The Bertz CT molecular complexity index is 441. The second kappa shape index (κ2) is 5.86. The van der Waals surface area contributed by atoms with Crippen LogP contribution in [-0.4, -0.2) is 26.7 Å². The third-order valence-electron chi connectivity index (χ3n) is 1.78. The van der Waals surface area contributed by atoms with E-state index in [2.05, 4.69) is 0 Å². The highest BCUT2D eigenvalue weighted by Crippen LogP contribution is 2.01. The molecule has 0 saturated heterocycles. The normalized spacial score (nSPS) is 11.1. The third kappa shape index (κ3) is 5.72. The number of halogens is 1. The van der Waals surface area contributed by atoms with Crippen molar-refractivity contribution < 1.29 is 17.9 Å². The molecule has 0 unspecified atom stereocenters. The summed E-state index contributed by atoms with van der Waals surface area (Å²) < 4.78 is 25.8. The van der Waals surface area contributed by atoms with E-state index in [1.54, 1.807) is 12.1 Å². The summed E-state index contributed by atoms with van der Waals surface area (Å²) in [5.74, 6) is -0.832. The molecule has 6 heteroatoms. The predicted molar refractivity (Wildman–Crippen MR) is 60.7 cm³/mol. The van der Waals surface area contributed by atoms with Crippen LogP contribution >= 0.6 is 10.7 Å². The van der Waals surface area contributed by atoms with Crippen molar-refractivity contribution >= 4 is 25.7 Å². The van der Waals surface area contributed by atoms with Crippen LogP contribution in [0.2, 0.25) is 0 Å². The SMILES string of the molecule is O=C(Cc1ccccc1)OCCS(=O)(=O)Cl. The third-order valence-corrected chi connectivity index (χ3v) is 2.90. The van der Waals surface area contributed by atoms with Crippen molar-refractivity contribution in [2.75, 3.05) is 12.4 Å². The first kappa shape index (κ1) is 13.0. The van der Waals surface area contributed by atoms with Crippen molar-refractivity contribution in [2.24, 2.45) is 0 Å². The van der Waals surface area contributed by atoms with Gasteiger partial charge < -0.3 is 4.74 Å². The quantitative estimate of drug-likeness (QED) is 0.594. The Hall–Kier alpha value is -1.07. The zero-order valence-electron chi connectivity index (χ0n) is 8.43. The lowest BCUT2D eigenvalue weighted by molar-refractivity contribution is -0.142. The first-order valence-electron chi connectivity index (χ1n) is 4.59. The molecule has 0 bridgehead atoms. The smallest absolute Gasteiger partial charge is 0.310 e. The highest BCUT2D eigenvalue weighted by Gasteiger charge is 2.08. The number of benzene rings is 1. The summed E-state index contributed by atoms with van der Waals surface area (Å²) in [4.78, 5) is 11.2. The van der Waals surface area contributed by atoms with Gasteiger partial charge in [-0.2, -0.15) is 0 Å². The Morgan fingerprint density at radius 2 is 1.88 bits per heavy atom. The zero-order chi connectivity index (χ0) is 12.0. The molecule has 0 aliphatic heterocycles. The van der Waals surface area contributed by atoms with Gasteiger partial charge in [0, 0.05) is 10.7 Å². The Kier molecular flexibility index (Phi) is 4.76. The van der Waals surface area contributed by atoms with Crippen LogP contribution in [0.3, 0.4) is 0 Å². The molecule has 16 heavy (non-hydrogen) atoms. The molecule has 0 atom stereocenters. The molecule has 0 fully saturated rings. The fourth-order valence-electron chi connectivity index (χ4n) is 1.07. The molecule has 0 amide bonds. The number of carbonyl (C=O) groups is 1. The van der Waals surface area contributed by atoms with Gasteiger partial charge in [0.1, 0.15) is 6.61 Å². The molecular formula is C10H11ClO4S. The molecule has 4 nitrogen and oxygen atoms in total. The lowest BCUT2D eigenvalue weighted by Gasteiger charge is -2.03. The van der Waals surface area contributed by atoms with Crippen molar-refractivity contribution in [1.82, 2.24) is 0 Å². The molecule has 0 spiro atoms. The fraction of sp³-hybridized carbons (Fsp3) is 0.300. The number of rotatable bonds is 5. The Morgan fingerprint density at radius 1 is 1.25 bits per heavy atom. The van der Waals surface area contributed by atoms with E-state index in [0.717, 1.165) is 5.56 Å². The maximum atomic E-state index is 11.2. The van der Waals surface area contributed by atoms with Gasteiger partial charge in [-0.05, 0) is 5.56 Å². The summed E-state index contributed by atoms with van der Waals surface area (Å²) in [5.41, 5.74) is 0.821. The summed E-state index contributed by atoms with van der Waals surface area (Å²) in [5, 5.41) is 0. The maximum absolute atomic E-state index is 11.2. The number of hydrogen-bond acceptors (Lipinski definition) is 4. The summed E-state index contributed by atoms with van der Waals surface area (Å²) in [6, 6.07) is 9.05. The standard InChI is InChI=1S/C10H11ClO4S/c11-16(13,14)7-6-15-10(12)8-9-4-2-1-3-5-9/h1-5H,6-8H2. The van der Waals surface area contributed by atoms with Crippen LogP contribution in [0.25, 0.3) is 0 Å². The topological polar surface area (TPSA) is 60.4 Å². The number of hydrogen-bond donors (Lipinski definition) is 0. The molecule has 0 aliphatic carbocycles. The molecule has 0 aliphatic rings. The van der Waals surface area contributed by atoms with E-state index in [4.69, 9.17) is 15.4 Å². The minimum atomic E-state index is -3.60. The van der Waals surface area contributed by atoms with Gasteiger partial charge in [-0.3, -0.25) is 4.79 Å². The van der Waals surface area contributed by atoms with E-state index < -0.39 is 15.0 Å². The Morgan fingerprint density at radius 3 is 2.44 bits per heavy atom. The minimum Gasteiger partial charge on any atom is -0.464 e. The highest BCUT2D eigenvalue weighted by atomic mass is 35.7. The van der Waals surface area contributed by atoms with Crippen molar-refractivity contribution in [3.63, 3.8) is 0 Å². The largest absolute Gasteiger partial charge is 0.464 e. The van der Waals surface area contributed by atoms with Crippen LogP contribution in [-0.2, 0) is 25.0 Å². The van der Waals surface area contributed by atoms with E-state index in [1.807, 2.05) is 18.2 Å². The van der Waals surface area contributed by atoms with Gasteiger partial charge in [0.05, 0.1) is 12.2 Å². The highest BCUT2D eigenvalue weighted by molar-refractivity contribution is 8.13. The van der Waals surface area contributed by atoms with Crippen LogP contribution in [0.15, 0.2) is 30.3 Å². The summed E-state index contributed by atoms with van der Waals surface area (Å²) >= 11 is 0. The molecule has 1 aromatic carbocycles. The van der Waals surface area contributed by atoms with Crippen molar-refractivity contribution in [3.8, 4) is 0 Å².